The van der Waals surface area contributed by atoms with Gasteiger partial charge in [0.2, 0.25) is 0 Å². The summed E-state index contributed by atoms with van der Waals surface area (Å²) in [5.41, 5.74) is 8.59. The van der Waals surface area contributed by atoms with Gasteiger partial charge in [-0.1, -0.05) is 6.07 Å². The Labute approximate surface area is 95.0 Å². The molecule has 2 N–H and O–H groups in total. The Balaban J connectivity index is 2.48. The molecule has 1 aromatic rings. The number of hydrogen-bond acceptors (Lipinski definition) is 3. The zero-order valence-electron chi connectivity index (χ0n) is 9.56. The topological polar surface area (TPSA) is 55.6 Å². The first-order valence-electron chi connectivity index (χ1n) is 5.39. The molecule has 4 nitrogen and oxygen atoms in total. The second kappa shape index (κ2) is 4.04. The summed E-state index contributed by atoms with van der Waals surface area (Å²) in [4.78, 5) is 13.4. The van der Waals surface area contributed by atoms with Crippen LogP contribution < -0.4 is 10.6 Å². The second-order valence-electron chi connectivity index (χ2n) is 4.07. The maximum Gasteiger partial charge on any atom is 0.414 e. The van der Waals surface area contributed by atoms with Crippen molar-refractivity contribution < 1.29 is 9.53 Å². The van der Waals surface area contributed by atoms with Crippen molar-refractivity contribution in [3.05, 3.63) is 23.8 Å². The molecule has 0 radical (unpaired) electrons. The zero-order chi connectivity index (χ0) is 11.7. The third-order valence-electron chi connectivity index (χ3n) is 3.07. The fourth-order valence-electron chi connectivity index (χ4n) is 2.19. The third-order valence-corrected chi connectivity index (χ3v) is 3.07. The van der Waals surface area contributed by atoms with Crippen LogP contribution in [0.15, 0.2) is 18.2 Å². The summed E-state index contributed by atoms with van der Waals surface area (Å²) in [6.45, 7) is 2.02. The smallest absolute Gasteiger partial charge is 0.414 e. The second-order valence-corrected chi connectivity index (χ2v) is 4.07. The van der Waals surface area contributed by atoms with Gasteiger partial charge in [0, 0.05) is 11.7 Å². The van der Waals surface area contributed by atoms with Gasteiger partial charge in [0.1, 0.15) is 0 Å². The van der Waals surface area contributed by atoms with Gasteiger partial charge in [0.05, 0.1) is 12.8 Å². The maximum atomic E-state index is 11.7. The minimum absolute atomic E-state index is 0.154. The summed E-state index contributed by atoms with van der Waals surface area (Å²) >= 11 is 0. The quantitative estimate of drug-likeness (QED) is 0.682. The Morgan fingerprint density at radius 1 is 1.56 bits per heavy atom. The molecule has 1 aromatic carbocycles. The summed E-state index contributed by atoms with van der Waals surface area (Å²) in [6, 6.07) is 5.80. The normalized spacial score (nSPS) is 19.1. The van der Waals surface area contributed by atoms with Gasteiger partial charge >= 0.3 is 6.09 Å². The highest BCUT2D eigenvalue weighted by atomic mass is 16.5. The van der Waals surface area contributed by atoms with E-state index in [4.69, 9.17) is 10.5 Å². The molecule has 0 spiro atoms. The molecule has 0 bridgehead atoms. The summed E-state index contributed by atoms with van der Waals surface area (Å²) in [6.07, 6.45) is 1.51. The number of ether oxygens (including phenoxy) is 1. The van der Waals surface area contributed by atoms with Gasteiger partial charge in [-0.2, -0.15) is 0 Å². The van der Waals surface area contributed by atoms with Crippen molar-refractivity contribution in [2.24, 2.45) is 0 Å². The van der Waals surface area contributed by atoms with E-state index >= 15 is 0 Å². The van der Waals surface area contributed by atoms with Crippen LogP contribution in [0.1, 0.15) is 18.9 Å². The van der Waals surface area contributed by atoms with E-state index < -0.39 is 0 Å². The van der Waals surface area contributed by atoms with Gasteiger partial charge in [-0.15, -0.1) is 0 Å². The van der Waals surface area contributed by atoms with Crippen LogP contribution in [0.25, 0.3) is 0 Å². The number of nitrogens with two attached hydrogens (primary N) is 1. The Hall–Kier alpha value is -1.71. The first-order valence-corrected chi connectivity index (χ1v) is 5.39. The standard InChI is InChI=1S/C12H16N2O2/c1-8-6-7-9-10(13)4-3-5-11(9)14(8)12(15)16-2/h3-5,8H,6-7,13H2,1-2H3/t8-/m0/s1. The SMILES string of the molecule is COC(=O)N1c2cccc(N)c2CC[C@@H]1C. The van der Waals surface area contributed by atoms with E-state index in [2.05, 4.69) is 0 Å². The van der Waals surface area contributed by atoms with Gasteiger partial charge < -0.3 is 10.5 Å². The van der Waals surface area contributed by atoms with Crippen LogP contribution in [-0.2, 0) is 11.2 Å². The molecule has 0 aliphatic carbocycles. The van der Waals surface area contributed by atoms with Crippen molar-refractivity contribution in [1.82, 2.24) is 0 Å². The predicted molar refractivity (Wildman–Crippen MR) is 63.5 cm³/mol. The number of methoxy groups -OCH3 is 1. The fraction of sp³-hybridized carbons (Fsp3) is 0.417. The molecule has 4 heteroatoms. The number of nitrogen functional groups attached to an aromatic ring is 1. The summed E-state index contributed by atoms with van der Waals surface area (Å²) < 4.78 is 4.80. The number of anilines is 2. The Morgan fingerprint density at radius 3 is 3.00 bits per heavy atom. The first kappa shape index (κ1) is 10.8. The number of carbonyl (C=O) groups is 1. The van der Waals surface area contributed by atoms with Crippen molar-refractivity contribution >= 4 is 17.5 Å². The number of benzene rings is 1. The van der Waals surface area contributed by atoms with Crippen LogP contribution in [0, 0.1) is 0 Å². The molecular weight excluding hydrogens is 204 g/mol. The van der Waals surface area contributed by atoms with Gasteiger partial charge in [-0.25, -0.2) is 4.79 Å². The largest absolute Gasteiger partial charge is 0.452 e. The van der Waals surface area contributed by atoms with E-state index in [0.717, 1.165) is 29.8 Å². The van der Waals surface area contributed by atoms with Crippen LogP contribution >= 0.6 is 0 Å². The van der Waals surface area contributed by atoms with E-state index in [1.54, 1.807) is 4.90 Å². The van der Waals surface area contributed by atoms with Gasteiger partial charge in [-0.05, 0) is 37.5 Å². The highest BCUT2D eigenvalue weighted by Crippen LogP contribution is 2.34. The molecule has 1 atom stereocenters. The number of hydrogen-bond donors (Lipinski definition) is 1. The Morgan fingerprint density at radius 2 is 2.31 bits per heavy atom. The molecule has 16 heavy (non-hydrogen) atoms. The molecule has 0 fully saturated rings. The average molecular weight is 220 g/mol. The lowest BCUT2D eigenvalue weighted by Gasteiger charge is -2.34. The van der Waals surface area contributed by atoms with Crippen molar-refractivity contribution in [2.75, 3.05) is 17.7 Å². The van der Waals surface area contributed by atoms with Gasteiger partial charge in [-0.3, -0.25) is 4.90 Å². The molecule has 0 saturated heterocycles. The highest BCUT2D eigenvalue weighted by molar-refractivity contribution is 5.91. The monoisotopic (exact) mass is 220 g/mol. The lowest BCUT2D eigenvalue weighted by Crippen LogP contribution is -2.42. The predicted octanol–water partition coefficient (Wildman–Crippen LogP) is 2.18. The van der Waals surface area contributed by atoms with E-state index in [-0.39, 0.29) is 12.1 Å². The first-order chi connectivity index (χ1) is 7.65. The van der Waals surface area contributed by atoms with Crippen molar-refractivity contribution in [3.63, 3.8) is 0 Å². The molecule has 1 aliphatic rings. The maximum absolute atomic E-state index is 11.7. The van der Waals surface area contributed by atoms with Crippen molar-refractivity contribution in [1.29, 1.82) is 0 Å². The third kappa shape index (κ3) is 1.60. The lowest BCUT2D eigenvalue weighted by atomic mass is 9.96. The van der Waals surface area contributed by atoms with E-state index in [1.165, 1.54) is 7.11 Å². The molecule has 1 amide bonds. The zero-order valence-corrected chi connectivity index (χ0v) is 9.56. The van der Waals surface area contributed by atoms with E-state index in [0.29, 0.717) is 0 Å². The number of nitrogens with zero attached hydrogens (tertiary/aromatic N) is 1. The van der Waals surface area contributed by atoms with Crippen molar-refractivity contribution in [2.45, 2.75) is 25.8 Å². The molecule has 1 heterocycles. The van der Waals surface area contributed by atoms with E-state index in [1.807, 2.05) is 25.1 Å². The molecule has 0 aromatic heterocycles. The number of rotatable bonds is 0. The fourth-order valence-corrected chi connectivity index (χ4v) is 2.19. The molecule has 0 unspecified atom stereocenters. The summed E-state index contributed by atoms with van der Waals surface area (Å²) in [7, 11) is 1.40. The van der Waals surface area contributed by atoms with Gasteiger partial charge in [0.15, 0.2) is 0 Å². The summed E-state index contributed by atoms with van der Waals surface area (Å²) in [5, 5.41) is 0. The Kier molecular flexibility index (Phi) is 2.73. The van der Waals surface area contributed by atoms with Crippen LogP contribution in [0.5, 0.6) is 0 Å². The molecule has 0 saturated carbocycles. The summed E-state index contributed by atoms with van der Waals surface area (Å²) in [5.74, 6) is 0. The van der Waals surface area contributed by atoms with Crippen LogP contribution in [0.4, 0.5) is 16.2 Å². The highest BCUT2D eigenvalue weighted by Gasteiger charge is 2.29. The number of fused-ring (bicyclic) bond motifs is 1. The number of amides is 1. The Bertz CT molecular complexity index is 417. The van der Waals surface area contributed by atoms with E-state index in [9.17, 15) is 4.79 Å². The lowest BCUT2D eigenvalue weighted by molar-refractivity contribution is 0.175. The minimum Gasteiger partial charge on any atom is -0.452 e. The molecule has 2 rings (SSSR count). The van der Waals surface area contributed by atoms with Crippen molar-refractivity contribution in [3.8, 4) is 0 Å². The molecular formula is C12H16N2O2. The minimum atomic E-state index is -0.320. The van der Waals surface area contributed by atoms with Crippen LogP contribution in [-0.4, -0.2) is 19.2 Å². The van der Waals surface area contributed by atoms with Crippen LogP contribution in [0.2, 0.25) is 0 Å². The van der Waals surface area contributed by atoms with Crippen LogP contribution in [0.3, 0.4) is 0 Å². The number of carbonyl (C=O) groups excluding carboxylic acids is 1. The average Bonchev–Trinajstić information content (AvgIpc) is 2.28. The molecule has 1 aliphatic heterocycles. The van der Waals surface area contributed by atoms with Gasteiger partial charge in [0.25, 0.3) is 0 Å². The molecule has 86 valence electrons.